The third kappa shape index (κ3) is 1.86. The monoisotopic (exact) mass is 266 g/mol. The molecule has 1 aromatic rings. The number of rotatable bonds is 2. The van der Waals surface area contributed by atoms with E-state index in [1.807, 2.05) is 6.92 Å². The number of amides is 1. The van der Waals surface area contributed by atoms with Crippen molar-refractivity contribution >= 4 is 37.2 Å². The van der Waals surface area contributed by atoms with Gasteiger partial charge >= 0.3 is 9.24 Å². The first-order chi connectivity index (χ1) is 6.89. The highest BCUT2D eigenvalue weighted by atomic mass is 35.7. The van der Waals surface area contributed by atoms with E-state index < -0.39 is 21.2 Å². The summed E-state index contributed by atoms with van der Waals surface area (Å²) in [5.74, 6) is -0.471. The molecule has 2 rings (SSSR count). The molecule has 15 heavy (non-hydrogen) atoms. The Labute approximate surface area is 95.2 Å². The Bertz CT molecular complexity index is 510. The highest BCUT2D eigenvalue weighted by molar-refractivity contribution is 8.12. The molecule has 0 saturated carbocycles. The Balaban J connectivity index is 2.30. The first kappa shape index (κ1) is 10.8. The standard InChI is InChI=1S/C7H7ClN2O3S2/c1-4-9-3-6(14-4)5-2-7(11)10(5)15(8,12)13/h3,5H,2H2,1H3. The molecule has 0 bridgehead atoms. The average Bonchev–Trinajstić information content (AvgIpc) is 2.43. The maximum atomic E-state index is 11.1. The second-order valence-corrected chi connectivity index (χ2v) is 6.79. The van der Waals surface area contributed by atoms with Crippen molar-refractivity contribution < 1.29 is 13.2 Å². The van der Waals surface area contributed by atoms with E-state index in [2.05, 4.69) is 4.98 Å². The molecule has 0 aliphatic carbocycles. The van der Waals surface area contributed by atoms with Gasteiger partial charge in [0.05, 0.1) is 17.5 Å². The summed E-state index contributed by atoms with van der Waals surface area (Å²) in [5, 5.41) is 0.830. The molecule has 0 N–H and O–H groups in total. The first-order valence-corrected chi connectivity index (χ1v) is 7.17. The van der Waals surface area contributed by atoms with Crippen LogP contribution in [0, 0.1) is 6.92 Å². The smallest absolute Gasteiger partial charge is 0.274 e. The second-order valence-electron chi connectivity index (χ2n) is 3.13. The van der Waals surface area contributed by atoms with Crippen LogP contribution >= 0.6 is 22.0 Å². The van der Waals surface area contributed by atoms with Crippen molar-refractivity contribution in [1.82, 2.24) is 9.29 Å². The molecule has 0 aromatic carbocycles. The first-order valence-electron chi connectivity index (χ1n) is 4.09. The number of carbonyl (C=O) groups excluding carboxylic acids is 1. The van der Waals surface area contributed by atoms with Crippen molar-refractivity contribution in [3.63, 3.8) is 0 Å². The molecular weight excluding hydrogens is 260 g/mol. The van der Waals surface area contributed by atoms with E-state index >= 15 is 0 Å². The van der Waals surface area contributed by atoms with Crippen molar-refractivity contribution in [2.75, 3.05) is 0 Å². The molecule has 1 aliphatic rings. The molecule has 1 saturated heterocycles. The van der Waals surface area contributed by atoms with E-state index in [1.165, 1.54) is 11.3 Å². The van der Waals surface area contributed by atoms with Crippen molar-refractivity contribution in [2.45, 2.75) is 19.4 Å². The number of nitrogens with zero attached hydrogens (tertiary/aromatic N) is 2. The topological polar surface area (TPSA) is 67.3 Å². The van der Waals surface area contributed by atoms with Gasteiger partial charge in [0, 0.05) is 21.8 Å². The van der Waals surface area contributed by atoms with Crippen molar-refractivity contribution in [3.8, 4) is 0 Å². The predicted molar refractivity (Wildman–Crippen MR) is 55.8 cm³/mol. The fourth-order valence-corrected chi connectivity index (χ4v) is 3.69. The molecule has 1 amide bonds. The molecule has 2 heterocycles. The molecule has 0 radical (unpaired) electrons. The normalized spacial score (nSPS) is 21.6. The van der Waals surface area contributed by atoms with Crippen LogP contribution in [-0.4, -0.2) is 23.6 Å². The summed E-state index contributed by atoms with van der Waals surface area (Å²) >= 11 is 1.37. The third-order valence-corrected chi connectivity index (χ3v) is 4.49. The zero-order chi connectivity index (χ0) is 11.2. The SMILES string of the molecule is Cc1ncc(C2CC(=O)N2S(=O)(=O)Cl)s1. The van der Waals surface area contributed by atoms with Crippen LogP contribution in [0.1, 0.15) is 22.3 Å². The number of hydrogen-bond acceptors (Lipinski definition) is 5. The van der Waals surface area contributed by atoms with E-state index in [1.54, 1.807) is 6.20 Å². The van der Waals surface area contributed by atoms with Gasteiger partial charge in [-0.25, -0.2) is 9.29 Å². The van der Waals surface area contributed by atoms with Gasteiger partial charge in [0.1, 0.15) is 0 Å². The summed E-state index contributed by atoms with van der Waals surface area (Å²) in [7, 11) is 1.17. The Morgan fingerprint density at radius 2 is 2.33 bits per heavy atom. The highest BCUT2D eigenvalue weighted by Crippen LogP contribution is 2.40. The molecule has 1 fully saturated rings. The fourth-order valence-electron chi connectivity index (χ4n) is 1.42. The molecule has 8 heteroatoms. The maximum Gasteiger partial charge on any atom is 0.324 e. The van der Waals surface area contributed by atoms with Crippen molar-refractivity contribution in [1.29, 1.82) is 0 Å². The van der Waals surface area contributed by atoms with Crippen LogP contribution in [-0.2, 0) is 14.0 Å². The minimum Gasteiger partial charge on any atom is -0.274 e. The Hall–Kier alpha value is -0.660. The van der Waals surface area contributed by atoms with Gasteiger partial charge in [0.15, 0.2) is 0 Å². The van der Waals surface area contributed by atoms with Crippen LogP contribution in [0.2, 0.25) is 0 Å². The Kier molecular flexibility index (Phi) is 2.48. The van der Waals surface area contributed by atoms with Crippen LogP contribution in [0.25, 0.3) is 0 Å². The summed E-state index contributed by atoms with van der Waals surface area (Å²) in [6.45, 7) is 1.81. The zero-order valence-corrected chi connectivity index (χ0v) is 10.1. The predicted octanol–water partition coefficient (Wildman–Crippen LogP) is 1.21. The lowest BCUT2D eigenvalue weighted by molar-refractivity contribution is -0.137. The summed E-state index contributed by atoms with van der Waals surface area (Å²) in [6, 6.07) is -0.466. The van der Waals surface area contributed by atoms with Gasteiger partial charge in [-0.2, -0.15) is 8.42 Å². The summed E-state index contributed by atoms with van der Waals surface area (Å²) in [5.41, 5.74) is 0. The van der Waals surface area contributed by atoms with E-state index in [0.29, 0.717) is 4.31 Å². The maximum absolute atomic E-state index is 11.1. The molecule has 0 spiro atoms. The molecule has 1 atom stereocenters. The van der Waals surface area contributed by atoms with Crippen LogP contribution < -0.4 is 0 Å². The Morgan fingerprint density at radius 1 is 1.67 bits per heavy atom. The minimum absolute atomic E-state index is 0.174. The van der Waals surface area contributed by atoms with Crippen molar-refractivity contribution in [2.24, 2.45) is 0 Å². The molecular formula is C7H7ClN2O3S2. The number of aromatic nitrogens is 1. The minimum atomic E-state index is -3.97. The largest absolute Gasteiger partial charge is 0.324 e. The zero-order valence-electron chi connectivity index (χ0n) is 7.68. The van der Waals surface area contributed by atoms with Crippen LogP contribution in [0.5, 0.6) is 0 Å². The van der Waals surface area contributed by atoms with Gasteiger partial charge in [0.25, 0.3) is 0 Å². The Morgan fingerprint density at radius 3 is 2.73 bits per heavy atom. The molecule has 1 aliphatic heterocycles. The second kappa shape index (κ2) is 3.43. The molecule has 5 nitrogen and oxygen atoms in total. The summed E-state index contributed by atoms with van der Waals surface area (Å²) in [4.78, 5) is 15.9. The van der Waals surface area contributed by atoms with Gasteiger partial charge < -0.3 is 0 Å². The van der Waals surface area contributed by atoms with E-state index in [4.69, 9.17) is 10.7 Å². The summed E-state index contributed by atoms with van der Waals surface area (Å²) in [6.07, 6.45) is 1.75. The number of hydrogen-bond donors (Lipinski definition) is 0. The number of thiazole rings is 1. The van der Waals surface area contributed by atoms with Gasteiger partial charge in [-0.15, -0.1) is 11.3 Å². The van der Waals surface area contributed by atoms with Crippen LogP contribution in [0.15, 0.2) is 6.20 Å². The average molecular weight is 267 g/mol. The number of β-lactam (4-membered cyclic amide) rings is 1. The molecule has 1 aromatic heterocycles. The third-order valence-electron chi connectivity index (χ3n) is 2.10. The van der Waals surface area contributed by atoms with Gasteiger partial charge in [-0.1, -0.05) is 0 Å². The lowest BCUT2D eigenvalue weighted by Gasteiger charge is -2.35. The van der Waals surface area contributed by atoms with Gasteiger partial charge in [0.2, 0.25) is 5.91 Å². The number of halogens is 1. The lowest BCUT2D eigenvalue weighted by Crippen LogP contribution is -2.47. The van der Waals surface area contributed by atoms with Crippen LogP contribution in [0.4, 0.5) is 0 Å². The van der Waals surface area contributed by atoms with Crippen LogP contribution in [0.3, 0.4) is 0 Å². The van der Waals surface area contributed by atoms with Gasteiger partial charge in [-0.05, 0) is 6.92 Å². The molecule has 82 valence electrons. The fraction of sp³-hybridized carbons (Fsp3) is 0.429. The number of aryl methyl sites for hydroxylation is 1. The van der Waals surface area contributed by atoms with E-state index in [0.717, 1.165) is 9.88 Å². The lowest BCUT2D eigenvalue weighted by atomic mass is 10.1. The number of carbonyl (C=O) groups is 1. The van der Waals surface area contributed by atoms with E-state index in [9.17, 15) is 13.2 Å². The van der Waals surface area contributed by atoms with Gasteiger partial charge in [-0.3, -0.25) is 4.79 Å². The highest BCUT2D eigenvalue weighted by Gasteiger charge is 2.45. The summed E-state index contributed by atoms with van der Waals surface area (Å²) < 4.78 is 22.8. The van der Waals surface area contributed by atoms with E-state index in [-0.39, 0.29) is 6.42 Å². The molecule has 1 unspecified atom stereocenters. The van der Waals surface area contributed by atoms with Crippen molar-refractivity contribution in [3.05, 3.63) is 16.1 Å². The quantitative estimate of drug-likeness (QED) is 0.596.